The lowest BCUT2D eigenvalue weighted by atomic mass is 9.65. The zero-order valence-electron chi connectivity index (χ0n) is 25.6. The second kappa shape index (κ2) is 11.7. The number of hydrogen-bond donors (Lipinski definition) is 4. The van der Waals surface area contributed by atoms with Gasteiger partial charge < -0.3 is 36.9 Å². The Hall–Kier alpha value is -3.12. The number of nitrogens with zero attached hydrogens (tertiary/aromatic N) is 1. The van der Waals surface area contributed by atoms with Crippen LogP contribution in [0.4, 0.5) is 10.5 Å². The van der Waals surface area contributed by atoms with Gasteiger partial charge in [0, 0.05) is 48.8 Å². The number of ether oxygens (including phenoxy) is 2. The Morgan fingerprint density at radius 2 is 1.89 bits per heavy atom. The Balaban J connectivity index is 1.28. The molecule has 10 nitrogen and oxygen atoms in total. The van der Waals surface area contributed by atoms with Gasteiger partial charge in [-0.05, 0) is 80.7 Å². The number of anilines is 1. The van der Waals surface area contributed by atoms with Crippen LogP contribution in [0.15, 0.2) is 41.3 Å². The number of benzene rings is 2. The fraction of sp³-hybridized carbons (Fsp3) is 0.545. The van der Waals surface area contributed by atoms with Crippen LogP contribution < -0.4 is 22.5 Å². The molecule has 3 aliphatic heterocycles. The first-order valence-electron chi connectivity index (χ1n) is 15.5. The predicted molar refractivity (Wildman–Crippen MR) is 169 cm³/mol. The first-order chi connectivity index (χ1) is 20.9. The van der Waals surface area contributed by atoms with Crippen LogP contribution in [-0.4, -0.2) is 71.9 Å². The maximum absolute atomic E-state index is 14.3. The van der Waals surface area contributed by atoms with Crippen molar-refractivity contribution < 1.29 is 23.9 Å². The number of thioether (sulfide) groups is 1. The van der Waals surface area contributed by atoms with Gasteiger partial charge in [-0.3, -0.25) is 9.59 Å². The molecule has 2 aromatic rings. The van der Waals surface area contributed by atoms with Crippen molar-refractivity contribution in [1.29, 1.82) is 0 Å². The van der Waals surface area contributed by atoms with E-state index in [4.69, 9.17) is 26.7 Å². The van der Waals surface area contributed by atoms with E-state index in [2.05, 4.69) is 11.4 Å². The molecule has 0 aromatic heterocycles. The molecule has 11 heteroatoms. The fourth-order valence-corrected chi connectivity index (χ4v) is 8.61. The highest BCUT2D eigenvalue weighted by atomic mass is 32.2. The molecule has 1 aliphatic carbocycles. The Bertz CT molecular complexity index is 1470. The van der Waals surface area contributed by atoms with Gasteiger partial charge >= 0.3 is 6.09 Å². The summed E-state index contributed by atoms with van der Waals surface area (Å²) in [4.78, 5) is 43.2. The van der Waals surface area contributed by atoms with Gasteiger partial charge in [0.05, 0.1) is 11.3 Å². The number of ketones is 1. The minimum Gasteiger partial charge on any atom is -0.444 e. The number of nitrogens with one attached hydrogen (secondary N) is 1. The smallest absolute Gasteiger partial charge is 0.410 e. The van der Waals surface area contributed by atoms with E-state index in [0.29, 0.717) is 49.0 Å². The average Bonchev–Trinajstić information content (AvgIpc) is 3.41. The second-order valence-corrected chi connectivity index (χ2v) is 14.6. The number of rotatable bonds is 4. The van der Waals surface area contributed by atoms with Crippen LogP contribution in [-0.2, 0) is 24.6 Å². The highest BCUT2D eigenvalue weighted by molar-refractivity contribution is 8.01. The van der Waals surface area contributed by atoms with Crippen molar-refractivity contribution in [3.8, 4) is 0 Å². The summed E-state index contributed by atoms with van der Waals surface area (Å²) in [5, 5.41) is 2.48. The van der Waals surface area contributed by atoms with E-state index in [1.165, 1.54) is 11.8 Å². The van der Waals surface area contributed by atoms with E-state index >= 15 is 0 Å². The molecule has 2 amide bonds. The largest absolute Gasteiger partial charge is 0.444 e. The van der Waals surface area contributed by atoms with E-state index < -0.39 is 34.4 Å². The molecule has 44 heavy (non-hydrogen) atoms. The van der Waals surface area contributed by atoms with Gasteiger partial charge in [-0.25, -0.2) is 4.79 Å². The Morgan fingerprint density at radius 3 is 2.61 bits per heavy atom. The van der Waals surface area contributed by atoms with Crippen LogP contribution >= 0.6 is 11.8 Å². The maximum Gasteiger partial charge on any atom is 0.410 e. The summed E-state index contributed by atoms with van der Waals surface area (Å²) in [6.07, 6.45) is 2.91. The highest BCUT2D eigenvalue weighted by Crippen LogP contribution is 2.56. The van der Waals surface area contributed by atoms with Crippen LogP contribution in [0.3, 0.4) is 0 Å². The van der Waals surface area contributed by atoms with Crippen molar-refractivity contribution in [1.82, 2.24) is 10.2 Å². The number of hydrogen-bond acceptors (Lipinski definition) is 9. The number of likely N-dealkylation sites (tertiary alicyclic amines) is 1. The first kappa shape index (κ1) is 30.9. The average molecular weight is 622 g/mol. The lowest BCUT2D eigenvalue weighted by Gasteiger charge is -2.42. The maximum atomic E-state index is 14.3. The number of nitrogen functional groups attached to an aromatic ring is 1. The summed E-state index contributed by atoms with van der Waals surface area (Å²) in [6.45, 7) is 7.83. The molecule has 4 unspecified atom stereocenters. The molecule has 4 aliphatic rings. The van der Waals surface area contributed by atoms with E-state index in [-0.39, 0.29) is 17.7 Å². The summed E-state index contributed by atoms with van der Waals surface area (Å²) in [7, 11) is 0. The van der Waals surface area contributed by atoms with Crippen molar-refractivity contribution in [2.24, 2.45) is 11.5 Å². The van der Waals surface area contributed by atoms with Crippen LogP contribution in [0.1, 0.15) is 80.5 Å². The van der Waals surface area contributed by atoms with Gasteiger partial charge in [0.25, 0.3) is 0 Å². The van der Waals surface area contributed by atoms with Crippen molar-refractivity contribution in [2.45, 2.75) is 91.7 Å². The molecule has 236 valence electrons. The Labute approximate surface area is 262 Å². The topological polar surface area (TPSA) is 163 Å². The van der Waals surface area contributed by atoms with Crippen molar-refractivity contribution in [3.63, 3.8) is 0 Å². The zero-order valence-corrected chi connectivity index (χ0v) is 26.5. The highest BCUT2D eigenvalue weighted by Gasteiger charge is 2.56. The number of amides is 2. The molecule has 0 saturated carbocycles. The molecule has 2 saturated heterocycles. The van der Waals surface area contributed by atoms with Gasteiger partial charge in [-0.2, -0.15) is 0 Å². The molecule has 0 radical (unpaired) electrons. The number of Topliss-reactive ketones (excluding diaryl/α,β-unsaturated/α-hetero) is 1. The standard InChI is InChI=1S/C33H43N5O5S/c1-32(2,3)43-31(41)38-13-5-8-21(17-38)37-30(40)28-25-24-22(9-10-23(34)27(24)44-28)33(36,29(39)26(25)35)20-7-4-6-19(16-20)18-11-14-42-15-12-18/h4,6-7,9-10,16,18,21,25-26,28H,5,8,11-15,17,34-36H2,1-3H3,(H,37,40)/t21-,25?,26?,28?,33?/m1/s1. The molecular formula is C33H43N5O5S. The third-order valence-corrected chi connectivity index (χ3v) is 10.8. The van der Waals surface area contributed by atoms with Crippen LogP contribution in [0.25, 0.3) is 0 Å². The third-order valence-electron chi connectivity index (χ3n) is 9.35. The van der Waals surface area contributed by atoms with Crippen LogP contribution in [0, 0.1) is 0 Å². The number of carbonyl (C=O) groups is 3. The van der Waals surface area contributed by atoms with Crippen LogP contribution in [0.5, 0.6) is 0 Å². The SMILES string of the molecule is CC(C)(C)OC(=O)N1CCC[C@@H](NC(=O)C2Sc3c(N)ccc4c3C2C(N)C(=O)C4(N)c2cccc(C3CCOCC3)c2)C1. The minimum atomic E-state index is -1.47. The molecule has 3 heterocycles. The monoisotopic (exact) mass is 621 g/mol. The van der Waals surface area contributed by atoms with Crippen molar-refractivity contribution >= 4 is 35.2 Å². The predicted octanol–water partition coefficient (Wildman–Crippen LogP) is 3.35. The Kier molecular flexibility index (Phi) is 8.19. The molecule has 2 fully saturated rings. The molecule has 2 aromatic carbocycles. The van der Waals surface area contributed by atoms with E-state index in [1.54, 1.807) is 11.0 Å². The van der Waals surface area contributed by atoms with Gasteiger partial charge in [0.15, 0.2) is 5.78 Å². The van der Waals surface area contributed by atoms with Crippen molar-refractivity contribution in [2.75, 3.05) is 32.0 Å². The first-order valence-corrected chi connectivity index (χ1v) is 16.4. The fourth-order valence-electron chi connectivity index (χ4n) is 7.15. The lowest BCUT2D eigenvalue weighted by molar-refractivity contribution is -0.126. The van der Waals surface area contributed by atoms with E-state index in [0.717, 1.165) is 41.7 Å². The number of piperidine rings is 1. The molecular weight excluding hydrogens is 578 g/mol. The minimum absolute atomic E-state index is 0.230. The molecule has 0 spiro atoms. The van der Waals surface area contributed by atoms with E-state index in [1.807, 2.05) is 45.0 Å². The van der Waals surface area contributed by atoms with Gasteiger partial charge in [-0.1, -0.05) is 30.3 Å². The normalized spacial score (nSPS) is 28.8. The summed E-state index contributed by atoms with van der Waals surface area (Å²) < 4.78 is 11.1. The van der Waals surface area contributed by atoms with E-state index in [9.17, 15) is 14.4 Å². The summed E-state index contributed by atoms with van der Waals surface area (Å²) in [5.41, 5.74) is 22.1. The van der Waals surface area contributed by atoms with Gasteiger partial charge in [0.1, 0.15) is 11.1 Å². The van der Waals surface area contributed by atoms with Crippen LogP contribution in [0.2, 0.25) is 0 Å². The zero-order chi connectivity index (χ0) is 31.4. The molecule has 7 N–H and O–H groups in total. The molecule has 6 rings (SSSR count). The molecule has 0 bridgehead atoms. The van der Waals surface area contributed by atoms with Gasteiger partial charge in [0.2, 0.25) is 5.91 Å². The summed E-state index contributed by atoms with van der Waals surface area (Å²) in [6, 6.07) is 10.3. The second-order valence-electron chi connectivity index (χ2n) is 13.5. The summed E-state index contributed by atoms with van der Waals surface area (Å²) in [5.74, 6) is -0.795. The lowest BCUT2D eigenvalue weighted by Crippen LogP contribution is -2.61. The van der Waals surface area contributed by atoms with Crippen molar-refractivity contribution in [3.05, 3.63) is 58.7 Å². The number of carbonyl (C=O) groups excluding carboxylic acids is 3. The quantitative estimate of drug-likeness (QED) is 0.375. The van der Waals surface area contributed by atoms with Gasteiger partial charge in [-0.15, -0.1) is 11.8 Å². The Morgan fingerprint density at radius 1 is 1.14 bits per heavy atom. The molecule has 5 atom stereocenters. The number of nitrogens with two attached hydrogens (primary N) is 3. The summed E-state index contributed by atoms with van der Waals surface area (Å²) >= 11 is 1.34. The third kappa shape index (κ3) is 5.48.